The Kier molecular flexibility index (Phi) is 2.78. The molecule has 74 valence electrons. The van der Waals surface area contributed by atoms with Gasteiger partial charge in [0.2, 0.25) is 31.1 Å². The van der Waals surface area contributed by atoms with Crippen molar-refractivity contribution in [1.29, 1.82) is 0 Å². The Morgan fingerprint density at radius 2 is 1.57 bits per heavy atom. The number of benzene rings is 1. The third-order valence-electron chi connectivity index (χ3n) is 1.32. The van der Waals surface area contributed by atoms with E-state index in [4.69, 9.17) is 0 Å². The van der Waals surface area contributed by atoms with Crippen molar-refractivity contribution in [3.8, 4) is 5.75 Å². The van der Waals surface area contributed by atoms with Crippen LogP contribution in [0.2, 0.25) is 0 Å². The molecule has 1 aromatic carbocycles. The lowest BCUT2D eigenvalue weighted by Crippen LogP contribution is -2.09. The Bertz CT molecular complexity index is 368. The van der Waals surface area contributed by atoms with Crippen molar-refractivity contribution in [3.05, 3.63) is 29.3 Å². The van der Waals surface area contributed by atoms with E-state index >= 15 is 0 Å². The molecule has 0 aromatic heterocycles. The molecule has 0 aliphatic rings. The molecule has 0 heterocycles. The normalized spacial score (nSPS) is 10.0. The lowest BCUT2D eigenvalue weighted by Gasteiger charge is -2.05. The van der Waals surface area contributed by atoms with E-state index in [0.717, 1.165) is 7.85 Å². The predicted molar refractivity (Wildman–Crippen MR) is 40.8 cm³/mol. The van der Waals surface area contributed by atoms with Crippen molar-refractivity contribution in [3.63, 3.8) is 0 Å². The molecule has 0 aliphatic heterocycles. The minimum Gasteiger partial charge on any atom is -0.429 e. The van der Waals surface area contributed by atoms with Gasteiger partial charge in [0, 0.05) is 6.07 Å². The first-order chi connectivity index (χ1) is 6.43. The van der Waals surface area contributed by atoms with Crippen LogP contribution >= 0.6 is 0 Å². The highest BCUT2D eigenvalue weighted by Gasteiger charge is 2.21. The lowest BCUT2D eigenvalue weighted by atomic mass is 10.2. The van der Waals surface area contributed by atoms with Gasteiger partial charge in [-0.25, -0.2) is 8.78 Å². The zero-order valence-corrected chi connectivity index (χ0v) is 6.91. The van der Waals surface area contributed by atoms with E-state index in [2.05, 4.69) is 4.74 Å². The summed E-state index contributed by atoms with van der Waals surface area (Å²) in [5, 5.41) is 0. The molecule has 0 amide bonds. The fraction of sp³-hybridized carbons (Fsp3) is 0. The summed E-state index contributed by atoms with van der Waals surface area (Å²) in [5.41, 5.74) is 0. The number of hydrogen-bond donors (Lipinski definition) is 0. The molecule has 0 unspecified atom stereocenters. The van der Waals surface area contributed by atoms with E-state index in [1.54, 1.807) is 0 Å². The van der Waals surface area contributed by atoms with Gasteiger partial charge >= 0.3 is 0 Å². The van der Waals surface area contributed by atoms with Crippen LogP contribution < -0.4 is 4.74 Å². The molecule has 1 rings (SSSR count). The smallest absolute Gasteiger partial charge is 0.248 e. The van der Waals surface area contributed by atoms with E-state index in [9.17, 15) is 22.4 Å². The molecule has 0 spiro atoms. The second-order valence-corrected chi connectivity index (χ2v) is 2.39. The zero-order chi connectivity index (χ0) is 10.9. The molecule has 0 radical (unpaired) electrons. The Morgan fingerprint density at radius 1 is 1.14 bits per heavy atom. The average Bonchev–Trinajstić information content (AvgIpc) is 2.09. The van der Waals surface area contributed by atoms with Gasteiger partial charge in [0.15, 0.2) is 11.6 Å². The summed E-state index contributed by atoms with van der Waals surface area (Å²) >= 11 is 0. The van der Waals surface area contributed by atoms with Crippen LogP contribution in [0, 0.1) is 23.3 Å². The molecule has 7 heteroatoms. The van der Waals surface area contributed by atoms with Crippen molar-refractivity contribution in [2.24, 2.45) is 0 Å². The molecule has 0 saturated carbocycles. The summed E-state index contributed by atoms with van der Waals surface area (Å²) in [7, 11) is 0.849. The highest BCUT2D eigenvalue weighted by Crippen LogP contribution is 2.26. The summed E-state index contributed by atoms with van der Waals surface area (Å²) in [6, 6.07) is 0.0255. The second kappa shape index (κ2) is 3.69. The van der Waals surface area contributed by atoms with Gasteiger partial charge in [0.25, 0.3) is 0 Å². The first-order valence-corrected chi connectivity index (χ1v) is 3.45. The molecule has 0 aliphatic carbocycles. The van der Waals surface area contributed by atoms with Crippen molar-refractivity contribution < 1.29 is 27.1 Å². The molecular weight excluding hydrogens is 203 g/mol. The van der Waals surface area contributed by atoms with Crippen LogP contribution in [0.15, 0.2) is 6.07 Å². The maximum atomic E-state index is 12.7. The van der Waals surface area contributed by atoms with Gasteiger partial charge in [-0.3, -0.25) is 4.79 Å². The number of carbonyl (C=O) groups excluding carboxylic acids is 1. The number of carbonyl (C=O) groups is 1. The van der Waals surface area contributed by atoms with E-state index in [-0.39, 0.29) is 6.07 Å². The minimum atomic E-state index is -1.74. The zero-order valence-electron chi connectivity index (χ0n) is 6.91. The largest absolute Gasteiger partial charge is 0.429 e. The van der Waals surface area contributed by atoms with Crippen molar-refractivity contribution in [1.82, 2.24) is 0 Å². The van der Waals surface area contributed by atoms with Gasteiger partial charge in [0.05, 0.1) is 0 Å². The molecule has 0 saturated heterocycles. The van der Waals surface area contributed by atoms with E-state index in [0.29, 0.717) is 0 Å². The Balaban J connectivity index is 3.31. The topological polar surface area (TPSA) is 26.3 Å². The van der Waals surface area contributed by atoms with Crippen LogP contribution in [0.1, 0.15) is 0 Å². The monoisotopic (exact) mass is 206 g/mol. The summed E-state index contributed by atoms with van der Waals surface area (Å²) in [6.45, 7) is 0. The Labute approximate surface area is 76.9 Å². The van der Waals surface area contributed by atoms with Crippen LogP contribution in [-0.2, 0) is 0 Å². The maximum Gasteiger partial charge on any atom is 0.248 e. The van der Waals surface area contributed by atoms with Crippen molar-refractivity contribution >= 4 is 13.7 Å². The highest BCUT2D eigenvalue weighted by molar-refractivity contribution is 6.55. The third-order valence-corrected chi connectivity index (χ3v) is 1.32. The standard InChI is InChI=1S/C7H3BF4O2/c8-7(13)14-6-4(11)2(9)1-3(10)5(6)12/h1H,8H2. The third kappa shape index (κ3) is 1.86. The van der Waals surface area contributed by atoms with Crippen LogP contribution in [0.5, 0.6) is 5.75 Å². The average molecular weight is 206 g/mol. The predicted octanol–water partition coefficient (Wildman–Crippen LogP) is 1.37. The summed E-state index contributed by atoms with van der Waals surface area (Å²) in [5.74, 6) is -9.17. The van der Waals surface area contributed by atoms with Gasteiger partial charge in [-0.15, -0.1) is 0 Å². The van der Waals surface area contributed by atoms with Crippen molar-refractivity contribution in [2.45, 2.75) is 0 Å². The number of rotatable bonds is 1. The quantitative estimate of drug-likeness (QED) is 0.394. The summed E-state index contributed by atoms with van der Waals surface area (Å²) < 4.78 is 54.5. The summed E-state index contributed by atoms with van der Waals surface area (Å²) in [6.07, 6.45) is 0. The molecule has 2 nitrogen and oxygen atoms in total. The molecule has 1 aromatic rings. The lowest BCUT2D eigenvalue weighted by molar-refractivity contribution is 0.219. The van der Waals surface area contributed by atoms with Gasteiger partial charge in [-0.05, 0) is 0 Å². The number of hydrogen-bond acceptors (Lipinski definition) is 2. The molecule has 0 bridgehead atoms. The molecule has 0 atom stereocenters. The van der Waals surface area contributed by atoms with Crippen LogP contribution in [-0.4, -0.2) is 13.7 Å². The number of halogens is 4. The first-order valence-electron chi connectivity index (χ1n) is 3.45. The molecular formula is C7H3BF4O2. The van der Waals surface area contributed by atoms with Crippen LogP contribution in [0.3, 0.4) is 0 Å². The summed E-state index contributed by atoms with van der Waals surface area (Å²) in [4.78, 5) is 10.3. The van der Waals surface area contributed by atoms with Crippen molar-refractivity contribution in [2.75, 3.05) is 0 Å². The van der Waals surface area contributed by atoms with Gasteiger partial charge in [-0.2, -0.15) is 8.78 Å². The molecule has 0 N–H and O–H groups in total. The molecule has 0 fully saturated rings. The van der Waals surface area contributed by atoms with Crippen LogP contribution in [0.4, 0.5) is 22.4 Å². The number of ether oxygens (including phenoxy) is 1. The first kappa shape index (κ1) is 10.6. The van der Waals surface area contributed by atoms with Gasteiger partial charge < -0.3 is 4.74 Å². The van der Waals surface area contributed by atoms with Gasteiger partial charge in [0.1, 0.15) is 0 Å². The van der Waals surface area contributed by atoms with Crippen LogP contribution in [0.25, 0.3) is 0 Å². The van der Waals surface area contributed by atoms with Gasteiger partial charge in [-0.1, -0.05) is 0 Å². The fourth-order valence-electron chi connectivity index (χ4n) is 0.785. The Hall–Kier alpha value is -1.53. The van der Waals surface area contributed by atoms with E-state index in [1.807, 2.05) is 0 Å². The Morgan fingerprint density at radius 3 is 1.93 bits per heavy atom. The maximum absolute atomic E-state index is 12.7. The minimum absolute atomic E-state index is 0.0255. The molecule has 14 heavy (non-hydrogen) atoms. The van der Waals surface area contributed by atoms with E-state index < -0.39 is 34.9 Å². The highest BCUT2D eigenvalue weighted by atomic mass is 19.2. The second-order valence-electron chi connectivity index (χ2n) is 2.39. The SMILES string of the molecule is BC(=O)Oc1c(F)c(F)cc(F)c1F. The van der Waals surface area contributed by atoms with E-state index in [1.165, 1.54) is 0 Å². The fourth-order valence-corrected chi connectivity index (χ4v) is 0.785.